The van der Waals surface area contributed by atoms with Crippen LogP contribution >= 0.6 is 0 Å². The number of carboxylic acids is 1. The van der Waals surface area contributed by atoms with Gasteiger partial charge in [-0.3, -0.25) is 4.79 Å². The van der Waals surface area contributed by atoms with Crippen LogP contribution in [0.15, 0.2) is 0 Å². The van der Waals surface area contributed by atoms with Gasteiger partial charge in [-0.05, 0) is 12.8 Å². The Balaban J connectivity index is 0.000000256. The Labute approximate surface area is 135 Å². The molecule has 0 aromatic carbocycles. The number of amides is 2. The number of hydrogen-bond donors (Lipinski definition) is 2. The van der Waals surface area contributed by atoms with E-state index in [0.717, 1.165) is 12.8 Å². The molecule has 3 aliphatic rings. The maximum absolute atomic E-state index is 12.1. The number of fused-ring (bicyclic) bond motifs is 1. The first-order valence-electron chi connectivity index (χ1n) is 7.35. The number of carbonyl (C=O) groups excluding carboxylic acids is 2. The number of carboxylic acid groups (broad SMARTS) is 1. The molecule has 2 amide bonds. The highest BCUT2D eigenvalue weighted by molar-refractivity contribution is 5.83. The lowest BCUT2D eigenvalue weighted by Gasteiger charge is -2.34. The van der Waals surface area contributed by atoms with Gasteiger partial charge in [-0.2, -0.15) is 13.2 Å². The zero-order valence-electron chi connectivity index (χ0n) is 12.9. The van der Waals surface area contributed by atoms with Crippen molar-refractivity contribution in [3.63, 3.8) is 0 Å². The quantitative estimate of drug-likeness (QED) is 0.680. The molecule has 3 rings (SSSR count). The third kappa shape index (κ3) is 3.89. The van der Waals surface area contributed by atoms with E-state index in [1.807, 2.05) is 9.80 Å². The van der Waals surface area contributed by atoms with E-state index in [0.29, 0.717) is 25.7 Å². The highest BCUT2D eigenvalue weighted by Crippen LogP contribution is 2.33. The molecule has 2 atom stereocenters. The third-order valence-electron chi connectivity index (χ3n) is 4.06. The molecule has 0 spiro atoms. The zero-order chi connectivity index (χ0) is 18.1. The molecule has 1 aliphatic carbocycles. The van der Waals surface area contributed by atoms with Crippen LogP contribution in [-0.4, -0.2) is 83.9 Å². The van der Waals surface area contributed by atoms with Crippen LogP contribution in [0.3, 0.4) is 0 Å². The third-order valence-corrected chi connectivity index (χ3v) is 4.06. The number of alkyl halides is 3. The monoisotopic (exact) mass is 353 g/mol. The van der Waals surface area contributed by atoms with Gasteiger partial charge in [0, 0.05) is 25.7 Å². The Morgan fingerprint density at radius 2 is 1.88 bits per heavy atom. The lowest BCUT2D eigenvalue weighted by atomic mass is 10.1. The van der Waals surface area contributed by atoms with Gasteiger partial charge >= 0.3 is 24.1 Å². The molecule has 2 heterocycles. The minimum atomic E-state index is -5.08. The van der Waals surface area contributed by atoms with Crippen LogP contribution in [-0.2, 0) is 14.3 Å². The second-order valence-electron chi connectivity index (χ2n) is 5.68. The van der Waals surface area contributed by atoms with Gasteiger partial charge in [-0.1, -0.05) is 0 Å². The summed E-state index contributed by atoms with van der Waals surface area (Å²) in [6.45, 7) is 1.98. The van der Waals surface area contributed by atoms with Crippen molar-refractivity contribution in [3.05, 3.63) is 0 Å². The summed E-state index contributed by atoms with van der Waals surface area (Å²) in [5.41, 5.74) is 0. The standard InChI is InChI=1S/C11H17N3O3.C2HF3O2/c1-17-10(15)9-8-6-14(7-2-3-7)11(16)13(8)5-4-12-9;3-2(4,5)1(6)7/h7-9,12H,2-6H2,1H3;(H,6,7)/t8-,9-;/m0./s1. The predicted molar refractivity (Wildman–Crippen MR) is 73.1 cm³/mol. The fraction of sp³-hybridized carbons (Fsp3) is 0.769. The lowest BCUT2D eigenvalue weighted by molar-refractivity contribution is -0.192. The summed E-state index contributed by atoms with van der Waals surface area (Å²) in [5.74, 6) is -3.03. The molecule has 3 fully saturated rings. The van der Waals surface area contributed by atoms with Crippen molar-refractivity contribution in [2.45, 2.75) is 37.1 Å². The van der Waals surface area contributed by atoms with Crippen LogP contribution < -0.4 is 5.32 Å². The molecule has 136 valence electrons. The van der Waals surface area contributed by atoms with Crippen molar-refractivity contribution in [3.8, 4) is 0 Å². The molecule has 2 N–H and O–H groups in total. The highest BCUT2D eigenvalue weighted by atomic mass is 19.4. The van der Waals surface area contributed by atoms with Crippen molar-refractivity contribution in [1.82, 2.24) is 15.1 Å². The number of nitrogens with one attached hydrogen (secondary N) is 1. The number of nitrogens with zero attached hydrogens (tertiary/aromatic N) is 2. The average molecular weight is 353 g/mol. The van der Waals surface area contributed by atoms with E-state index in [9.17, 15) is 22.8 Å². The van der Waals surface area contributed by atoms with Gasteiger partial charge in [0.2, 0.25) is 0 Å². The number of carbonyl (C=O) groups is 3. The van der Waals surface area contributed by atoms with E-state index >= 15 is 0 Å². The van der Waals surface area contributed by atoms with E-state index in [1.54, 1.807) is 0 Å². The Bertz CT molecular complexity index is 523. The average Bonchev–Trinajstić information content (AvgIpc) is 3.30. The van der Waals surface area contributed by atoms with Gasteiger partial charge in [-0.15, -0.1) is 0 Å². The number of rotatable bonds is 2. The van der Waals surface area contributed by atoms with E-state index < -0.39 is 12.1 Å². The lowest BCUT2D eigenvalue weighted by Crippen LogP contribution is -2.60. The Kier molecular flexibility index (Phi) is 5.21. The molecular formula is C13H18F3N3O5. The minimum absolute atomic E-state index is 0.0655. The molecular weight excluding hydrogens is 335 g/mol. The summed E-state index contributed by atoms with van der Waals surface area (Å²) in [4.78, 5) is 36.4. The molecule has 2 saturated heterocycles. The second kappa shape index (κ2) is 6.83. The molecule has 0 aromatic heterocycles. The Morgan fingerprint density at radius 1 is 1.29 bits per heavy atom. The number of methoxy groups -OCH3 is 1. The largest absolute Gasteiger partial charge is 0.490 e. The zero-order valence-corrected chi connectivity index (χ0v) is 12.9. The summed E-state index contributed by atoms with van der Waals surface area (Å²) in [5, 5.41) is 10.3. The maximum Gasteiger partial charge on any atom is 0.490 e. The summed E-state index contributed by atoms with van der Waals surface area (Å²) >= 11 is 0. The second-order valence-corrected chi connectivity index (χ2v) is 5.68. The molecule has 0 radical (unpaired) electrons. The number of esters is 1. The van der Waals surface area contributed by atoms with Crippen LogP contribution in [0.5, 0.6) is 0 Å². The van der Waals surface area contributed by atoms with Gasteiger partial charge in [0.05, 0.1) is 13.2 Å². The summed E-state index contributed by atoms with van der Waals surface area (Å²) in [6.07, 6.45) is -2.88. The van der Waals surface area contributed by atoms with Crippen LogP contribution in [0.1, 0.15) is 12.8 Å². The van der Waals surface area contributed by atoms with Crippen molar-refractivity contribution in [2.24, 2.45) is 0 Å². The van der Waals surface area contributed by atoms with E-state index in [-0.39, 0.29) is 24.1 Å². The number of urea groups is 1. The Hall–Kier alpha value is -2.04. The fourth-order valence-corrected chi connectivity index (χ4v) is 2.77. The van der Waals surface area contributed by atoms with Gasteiger partial charge in [0.25, 0.3) is 0 Å². The number of halogens is 3. The molecule has 8 nitrogen and oxygen atoms in total. The molecule has 1 saturated carbocycles. The van der Waals surface area contributed by atoms with Crippen molar-refractivity contribution < 1.29 is 37.4 Å². The van der Waals surface area contributed by atoms with E-state index in [4.69, 9.17) is 14.6 Å². The molecule has 0 bridgehead atoms. The first kappa shape index (κ1) is 18.3. The molecule has 11 heteroatoms. The smallest absolute Gasteiger partial charge is 0.475 e. The molecule has 0 aromatic rings. The van der Waals surface area contributed by atoms with Crippen LogP contribution in [0.25, 0.3) is 0 Å². The highest BCUT2D eigenvalue weighted by Gasteiger charge is 2.50. The minimum Gasteiger partial charge on any atom is -0.475 e. The van der Waals surface area contributed by atoms with Crippen LogP contribution in [0, 0.1) is 0 Å². The first-order chi connectivity index (χ1) is 11.2. The summed E-state index contributed by atoms with van der Waals surface area (Å²) < 4.78 is 36.5. The summed E-state index contributed by atoms with van der Waals surface area (Å²) in [6, 6.07) is 0.0602. The SMILES string of the molecule is COC(=O)[C@H]1NCCN2C(=O)N(C3CC3)C[C@@H]12.O=C(O)C(F)(F)F. The van der Waals surface area contributed by atoms with Crippen molar-refractivity contribution in [2.75, 3.05) is 26.7 Å². The predicted octanol–water partition coefficient (Wildman–Crippen LogP) is 0.0331. The van der Waals surface area contributed by atoms with Crippen molar-refractivity contribution >= 4 is 18.0 Å². The number of aliphatic carboxylic acids is 1. The van der Waals surface area contributed by atoms with Gasteiger partial charge in [0.1, 0.15) is 6.04 Å². The summed E-state index contributed by atoms with van der Waals surface area (Å²) in [7, 11) is 1.39. The Morgan fingerprint density at radius 3 is 2.33 bits per heavy atom. The number of ether oxygens (including phenoxy) is 1. The van der Waals surface area contributed by atoms with Gasteiger partial charge in [-0.25, -0.2) is 9.59 Å². The molecule has 2 aliphatic heterocycles. The van der Waals surface area contributed by atoms with Crippen LogP contribution in [0.4, 0.5) is 18.0 Å². The normalized spacial score (nSPS) is 26.4. The fourth-order valence-electron chi connectivity index (χ4n) is 2.77. The molecule has 0 unspecified atom stereocenters. The van der Waals surface area contributed by atoms with Crippen LogP contribution in [0.2, 0.25) is 0 Å². The van der Waals surface area contributed by atoms with Gasteiger partial charge < -0.3 is 25.0 Å². The number of piperazine rings is 1. The van der Waals surface area contributed by atoms with E-state index in [2.05, 4.69) is 5.32 Å². The first-order valence-corrected chi connectivity index (χ1v) is 7.35. The molecule has 24 heavy (non-hydrogen) atoms. The van der Waals surface area contributed by atoms with E-state index in [1.165, 1.54) is 7.11 Å². The maximum atomic E-state index is 12.1. The van der Waals surface area contributed by atoms with Gasteiger partial charge in [0.15, 0.2) is 0 Å². The van der Waals surface area contributed by atoms with Crippen molar-refractivity contribution in [1.29, 1.82) is 0 Å². The topological polar surface area (TPSA) is 99.2 Å². The number of hydrogen-bond acceptors (Lipinski definition) is 5.